The predicted octanol–water partition coefficient (Wildman–Crippen LogP) is 1.06. The third-order valence-corrected chi connectivity index (χ3v) is 3.62. The van der Waals surface area contributed by atoms with Gasteiger partial charge >= 0.3 is 0 Å². The summed E-state index contributed by atoms with van der Waals surface area (Å²) in [6, 6.07) is 0. The molecule has 2 saturated carbocycles. The predicted molar refractivity (Wildman–Crippen MR) is 53.7 cm³/mol. The highest BCUT2D eigenvalue weighted by Crippen LogP contribution is 2.37. The van der Waals surface area contributed by atoms with Crippen molar-refractivity contribution in [3.05, 3.63) is 0 Å². The molecule has 0 aromatic carbocycles. The molecule has 2 aliphatic rings. The van der Waals surface area contributed by atoms with Crippen molar-refractivity contribution in [1.82, 2.24) is 5.32 Å². The Morgan fingerprint density at radius 3 is 2.64 bits per heavy atom. The van der Waals surface area contributed by atoms with Crippen LogP contribution in [0.1, 0.15) is 39.0 Å². The fraction of sp³-hybridized carbons (Fsp3) is 0.909. The van der Waals surface area contributed by atoms with Crippen LogP contribution in [0, 0.1) is 11.8 Å². The van der Waals surface area contributed by atoms with Crippen LogP contribution in [0.3, 0.4) is 0 Å². The summed E-state index contributed by atoms with van der Waals surface area (Å²) in [6.07, 6.45) is 5.15. The molecule has 2 rings (SSSR count). The normalized spacial score (nSPS) is 26.4. The highest BCUT2D eigenvalue weighted by Gasteiger charge is 2.37. The monoisotopic (exact) mass is 197 g/mol. The Kier molecular flexibility index (Phi) is 2.52. The number of hydrogen-bond acceptors (Lipinski definition) is 2. The van der Waals surface area contributed by atoms with Gasteiger partial charge in [0.05, 0.1) is 5.60 Å². The molecule has 0 aromatic heterocycles. The van der Waals surface area contributed by atoms with E-state index in [0.29, 0.717) is 12.5 Å². The lowest BCUT2D eigenvalue weighted by Gasteiger charge is -2.36. The standard InChI is InChI=1S/C11H19NO2/c1-8(9-3-4-9)10(13)12-7-11(14)5-2-6-11/h8-9,14H,2-7H2,1H3,(H,12,13). The second-order valence-electron chi connectivity index (χ2n) is 4.92. The lowest BCUT2D eigenvalue weighted by atomic mass is 9.80. The second kappa shape index (κ2) is 3.54. The first-order valence-electron chi connectivity index (χ1n) is 5.61. The van der Waals surface area contributed by atoms with Crippen molar-refractivity contribution < 1.29 is 9.90 Å². The zero-order chi connectivity index (χ0) is 10.2. The van der Waals surface area contributed by atoms with Gasteiger partial charge in [-0.25, -0.2) is 0 Å². The molecule has 2 aliphatic carbocycles. The quantitative estimate of drug-likeness (QED) is 0.708. The fourth-order valence-corrected chi connectivity index (χ4v) is 1.98. The summed E-state index contributed by atoms with van der Waals surface area (Å²) in [5.74, 6) is 0.859. The van der Waals surface area contributed by atoms with Gasteiger partial charge in [0.15, 0.2) is 0 Å². The van der Waals surface area contributed by atoms with Gasteiger partial charge in [0.2, 0.25) is 5.91 Å². The smallest absolute Gasteiger partial charge is 0.223 e. The Bertz CT molecular complexity index is 231. The number of aliphatic hydroxyl groups is 1. The van der Waals surface area contributed by atoms with Crippen molar-refractivity contribution in [2.24, 2.45) is 11.8 Å². The third-order valence-electron chi connectivity index (χ3n) is 3.62. The average molecular weight is 197 g/mol. The fourth-order valence-electron chi connectivity index (χ4n) is 1.98. The van der Waals surface area contributed by atoms with Crippen LogP contribution in [-0.2, 0) is 4.79 Å². The van der Waals surface area contributed by atoms with E-state index in [1.807, 2.05) is 6.92 Å². The lowest BCUT2D eigenvalue weighted by molar-refractivity contribution is -0.127. The summed E-state index contributed by atoms with van der Waals surface area (Å²) in [4.78, 5) is 11.6. The van der Waals surface area contributed by atoms with E-state index >= 15 is 0 Å². The molecular formula is C11H19NO2. The number of hydrogen-bond donors (Lipinski definition) is 2. The van der Waals surface area contributed by atoms with E-state index < -0.39 is 5.60 Å². The zero-order valence-corrected chi connectivity index (χ0v) is 8.75. The van der Waals surface area contributed by atoms with Crippen LogP contribution in [0.15, 0.2) is 0 Å². The van der Waals surface area contributed by atoms with Crippen molar-refractivity contribution in [2.45, 2.75) is 44.6 Å². The molecule has 0 spiro atoms. The van der Waals surface area contributed by atoms with Crippen LogP contribution in [0.2, 0.25) is 0 Å². The Hall–Kier alpha value is -0.570. The molecule has 14 heavy (non-hydrogen) atoms. The summed E-state index contributed by atoms with van der Waals surface area (Å²) < 4.78 is 0. The Balaban J connectivity index is 1.71. The Morgan fingerprint density at radius 2 is 2.21 bits per heavy atom. The molecule has 0 radical (unpaired) electrons. The van der Waals surface area contributed by atoms with E-state index in [2.05, 4.69) is 5.32 Å². The molecule has 0 saturated heterocycles. The molecule has 2 N–H and O–H groups in total. The first-order valence-corrected chi connectivity index (χ1v) is 5.61. The molecule has 2 fully saturated rings. The van der Waals surface area contributed by atoms with E-state index in [9.17, 15) is 9.90 Å². The minimum atomic E-state index is -0.584. The average Bonchev–Trinajstić information content (AvgIpc) is 2.92. The van der Waals surface area contributed by atoms with E-state index in [1.165, 1.54) is 12.8 Å². The molecule has 1 amide bonds. The van der Waals surface area contributed by atoms with Gasteiger partial charge in [0, 0.05) is 12.5 Å². The van der Waals surface area contributed by atoms with Crippen molar-refractivity contribution in [1.29, 1.82) is 0 Å². The van der Waals surface area contributed by atoms with E-state index in [4.69, 9.17) is 0 Å². The molecular weight excluding hydrogens is 178 g/mol. The van der Waals surface area contributed by atoms with Gasteiger partial charge in [-0.15, -0.1) is 0 Å². The van der Waals surface area contributed by atoms with Gasteiger partial charge in [-0.1, -0.05) is 6.92 Å². The molecule has 0 bridgehead atoms. The summed E-state index contributed by atoms with van der Waals surface area (Å²) >= 11 is 0. The highest BCUT2D eigenvalue weighted by atomic mass is 16.3. The van der Waals surface area contributed by atoms with Crippen molar-refractivity contribution >= 4 is 5.91 Å². The summed E-state index contributed by atoms with van der Waals surface area (Å²) in [7, 11) is 0. The minimum Gasteiger partial charge on any atom is -0.388 e. The molecule has 80 valence electrons. The van der Waals surface area contributed by atoms with Crippen LogP contribution >= 0.6 is 0 Å². The van der Waals surface area contributed by atoms with E-state index in [0.717, 1.165) is 19.3 Å². The maximum Gasteiger partial charge on any atom is 0.223 e. The molecule has 3 nitrogen and oxygen atoms in total. The van der Waals surface area contributed by atoms with Gasteiger partial charge in [-0.05, 0) is 38.0 Å². The number of carbonyl (C=O) groups is 1. The van der Waals surface area contributed by atoms with Crippen LogP contribution in [0.4, 0.5) is 0 Å². The van der Waals surface area contributed by atoms with Crippen LogP contribution in [-0.4, -0.2) is 23.2 Å². The van der Waals surface area contributed by atoms with E-state index in [1.54, 1.807) is 0 Å². The summed E-state index contributed by atoms with van der Waals surface area (Å²) in [5.41, 5.74) is -0.584. The van der Waals surface area contributed by atoms with Crippen molar-refractivity contribution in [3.63, 3.8) is 0 Å². The zero-order valence-electron chi connectivity index (χ0n) is 8.75. The molecule has 1 atom stereocenters. The highest BCUT2D eigenvalue weighted by molar-refractivity contribution is 5.79. The number of amides is 1. The third kappa shape index (κ3) is 2.08. The summed E-state index contributed by atoms with van der Waals surface area (Å²) in [6.45, 7) is 2.43. The van der Waals surface area contributed by atoms with Crippen LogP contribution in [0.25, 0.3) is 0 Å². The van der Waals surface area contributed by atoms with Gasteiger partial charge in [-0.3, -0.25) is 4.79 Å². The topological polar surface area (TPSA) is 49.3 Å². The molecule has 3 heteroatoms. The minimum absolute atomic E-state index is 0.118. The summed E-state index contributed by atoms with van der Waals surface area (Å²) in [5, 5.41) is 12.6. The molecule has 0 aliphatic heterocycles. The van der Waals surface area contributed by atoms with Gasteiger partial charge < -0.3 is 10.4 Å². The largest absolute Gasteiger partial charge is 0.388 e. The molecule has 0 aromatic rings. The van der Waals surface area contributed by atoms with Crippen LogP contribution < -0.4 is 5.32 Å². The van der Waals surface area contributed by atoms with Gasteiger partial charge in [0.1, 0.15) is 0 Å². The SMILES string of the molecule is CC(C(=O)NCC1(O)CCC1)C1CC1. The van der Waals surface area contributed by atoms with Gasteiger partial charge in [0.25, 0.3) is 0 Å². The Labute approximate surface area is 84.9 Å². The van der Waals surface area contributed by atoms with Gasteiger partial charge in [-0.2, -0.15) is 0 Å². The number of rotatable bonds is 4. The van der Waals surface area contributed by atoms with Crippen molar-refractivity contribution in [3.8, 4) is 0 Å². The maximum absolute atomic E-state index is 11.6. The number of nitrogens with one attached hydrogen (secondary N) is 1. The number of carbonyl (C=O) groups excluding carboxylic acids is 1. The maximum atomic E-state index is 11.6. The first-order chi connectivity index (χ1) is 6.61. The first kappa shape index (κ1) is 9.97. The van der Waals surface area contributed by atoms with Crippen molar-refractivity contribution in [2.75, 3.05) is 6.54 Å². The lowest BCUT2D eigenvalue weighted by Crippen LogP contribution is -2.48. The van der Waals surface area contributed by atoms with E-state index in [-0.39, 0.29) is 11.8 Å². The van der Waals surface area contributed by atoms with Crippen LogP contribution in [0.5, 0.6) is 0 Å². The molecule has 1 unspecified atom stereocenters. The Morgan fingerprint density at radius 1 is 1.57 bits per heavy atom. The molecule has 0 heterocycles. The second-order valence-corrected chi connectivity index (χ2v) is 4.92.